The number of hydrogen-bond acceptors (Lipinski definition) is 6. The monoisotopic (exact) mass is 304 g/mol. The Bertz CT molecular complexity index is 728. The lowest BCUT2D eigenvalue weighted by atomic mass is 9.80. The highest BCUT2D eigenvalue weighted by molar-refractivity contribution is 6.27. The summed E-state index contributed by atoms with van der Waals surface area (Å²) in [5.74, 6) is -1.62. The van der Waals surface area contributed by atoms with Gasteiger partial charge in [0, 0.05) is 12.0 Å². The third kappa shape index (κ3) is 1.91. The molecule has 2 N–H and O–H groups in total. The molecule has 116 valence electrons. The first-order valence-electron chi connectivity index (χ1n) is 6.87. The van der Waals surface area contributed by atoms with E-state index in [2.05, 4.69) is 0 Å². The van der Waals surface area contributed by atoms with E-state index in [-0.39, 0.29) is 34.6 Å². The molecule has 0 bridgehead atoms. The van der Waals surface area contributed by atoms with Crippen molar-refractivity contribution >= 4 is 11.6 Å². The lowest BCUT2D eigenvalue weighted by Gasteiger charge is -2.38. The van der Waals surface area contributed by atoms with Gasteiger partial charge in [0.2, 0.25) is 5.78 Å². The van der Waals surface area contributed by atoms with Gasteiger partial charge in [-0.1, -0.05) is 0 Å². The maximum Gasteiger partial charge on any atom is 0.232 e. The number of hydrogen-bond donors (Lipinski definition) is 2. The molecule has 0 amide bonds. The smallest absolute Gasteiger partial charge is 0.232 e. The lowest BCUT2D eigenvalue weighted by molar-refractivity contribution is -0.0250. The van der Waals surface area contributed by atoms with Crippen LogP contribution in [0.5, 0.6) is 11.5 Å². The van der Waals surface area contributed by atoms with Crippen molar-refractivity contribution in [3.63, 3.8) is 0 Å². The summed E-state index contributed by atoms with van der Waals surface area (Å²) in [6.45, 7) is 3.44. The summed E-state index contributed by atoms with van der Waals surface area (Å²) in [5.41, 5.74) is -0.918. The van der Waals surface area contributed by atoms with E-state index in [1.165, 1.54) is 19.2 Å². The van der Waals surface area contributed by atoms with E-state index < -0.39 is 29.0 Å². The van der Waals surface area contributed by atoms with Gasteiger partial charge in [0.25, 0.3) is 0 Å². The number of allylic oxidation sites excluding steroid dienone is 1. The van der Waals surface area contributed by atoms with E-state index in [0.717, 1.165) is 0 Å². The molecular weight excluding hydrogens is 288 g/mol. The van der Waals surface area contributed by atoms with E-state index >= 15 is 0 Å². The number of benzene rings is 1. The van der Waals surface area contributed by atoms with Crippen LogP contribution >= 0.6 is 0 Å². The van der Waals surface area contributed by atoms with E-state index in [4.69, 9.17) is 9.47 Å². The van der Waals surface area contributed by atoms with Crippen molar-refractivity contribution in [1.29, 1.82) is 0 Å². The van der Waals surface area contributed by atoms with Gasteiger partial charge in [0.1, 0.15) is 5.60 Å². The second-order valence-electron chi connectivity index (χ2n) is 6.02. The van der Waals surface area contributed by atoms with Crippen LogP contribution in [-0.2, 0) is 4.74 Å². The average molecular weight is 304 g/mol. The molecule has 1 unspecified atom stereocenters. The largest absolute Gasteiger partial charge is 0.504 e. The molecule has 22 heavy (non-hydrogen) atoms. The minimum Gasteiger partial charge on any atom is -0.504 e. The van der Waals surface area contributed by atoms with Gasteiger partial charge in [-0.05, 0) is 26.0 Å². The predicted molar refractivity (Wildman–Crippen MR) is 76.1 cm³/mol. The van der Waals surface area contributed by atoms with Gasteiger partial charge in [-0.25, -0.2) is 0 Å². The quantitative estimate of drug-likeness (QED) is 0.818. The SMILES string of the molecule is COc1ccc2c(c1O)C(=O)C1=C(C2=O)C(O)CC(C)(C)O1. The minimum absolute atomic E-state index is 0.0404. The van der Waals surface area contributed by atoms with Crippen LogP contribution in [0.1, 0.15) is 41.0 Å². The van der Waals surface area contributed by atoms with Gasteiger partial charge in [-0.15, -0.1) is 0 Å². The topological polar surface area (TPSA) is 93.1 Å². The first-order chi connectivity index (χ1) is 10.3. The number of phenolic OH excluding ortho intramolecular Hbond substituents is 1. The van der Waals surface area contributed by atoms with Gasteiger partial charge < -0.3 is 19.7 Å². The van der Waals surface area contributed by atoms with Crippen LogP contribution in [0.25, 0.3) is 0 Å². The highest BCUT2D eigenvalue weighted by Gasteiger charge is 2.45. The zero-order valence-electron chi connectivity index (χ0n) is 12.5. The van der Waals surface area contributed by atoms with E-state index in [0.29, 0.717) is 0 Å². The van der Waals surface area contributed by atoms with Crippen molar-refractivity contribution in [2.24, 2.45) is 0 Å². The fourth-order valence-corrected chi connectivity index (χ4v) is 2.93. The number of aromatic hydroxyl groups is 1. The normalized spacial score (nSPS) is 22.8. The summed E-state index contributed by atoms with van der Waals surface area (Å²) in [5, 5.41) is 20.4. The molecule has 2 aliphatic rings. The Labute approximate surface area is 127 Å². The van der Waals surface area contributed by atoms with Crippen molar-refractivity contribution in [3.05, 3.63) is 34.6 Å². The molecule has 0 radical (unpaired) electrons. The number of methoxy groups -OCH3 is 1. The zero-order chi connectivity index (χ0) is 16.2. The van der Waals surface area contributed by atoms with Crippen LogP contribution in [0.4, 0.5) is 0 Å². The van der Waals surface area contributed by atoms with E-state index in [9.17, 15) is 19.8 Å². The number of carbonyl (C=O) groups excluding carboxylic acids is 2. The van der Waals surface area contributed by atoms with Crippen LogP contribution < -0.4 is 4.74 Å². The number of ketones is 2. The summed E-state index contributed by atoms with van der Waals surface area (Å²) in [4.78, 5) is 25.2. The van der Waals surface area contributed by atoms with Gasteiger partial charge in [-0.2, -0.15) is 0 Å². The van der Waals surface area contributed by atoms with Crippen LogP contribution in [0, 0.1) is 0 Å². The summed E-state index contributed by atoms with van der Waals surface area (Å²) >= 11 is 0. The molecule has 1 heterocycles. The van der Waals surface area contributed by atoms with Crippen LogP contribution in [0.3, 0.4) is 0 Å². The molecule has 1 aliphatic carbocycles. The minimum atomic E-state index is -1.08. The highest BCUT2D eigenvalue weighted by Crippen LogP contribution is 2.43. The number of fused-ring (bicyclic) bond motifs is 1. The van der Waals surface area contributed by atoms with Crippen molar-refractivity contribution in [2.75, 3.05) is 7.11 Å². The van der Waals surface area contributed by atoms with Crippen molar-refractivity contribution < 1.29 is 29.3 Å². The Hall–Kier alpha value is -2.34. The molecule has 1 atom stereocenters. The maximum absolute atomic E-state index is 12.7. The predicted octanol–water partition coefficient (Wildman–Crippen LogP) is 1.59. The molecule has 0 fully saturated rings. The number of aliphatic hydroxyl groups is 1. The summed E-state index contributed by atoms with van der Waals surface area (Å²) in [7, 11) is 1.35. The zero-order valence-corrected chi connectivity index (χ0v) is 12.5. The Morgan fingerprint density at radius 3 is 2.59 bits per heavy atom. The van der Waals surface area contributed by atoms with Crippen LogP contribution in [-0.4, -0.2) is 40.6 Å². The highest BCUT2D eigenvalue weighted by atomic mass is 16.5. The molecule has 1 aliphatic heterocycles. The van der Waals surface area contributed by atoms with Crippen LogP contribution in [0.2, 0.25) is 0 Å². The molecule has 0 saturated heterocycles. The van der Waals surface area contributed by atoms with Gasteiger partial charge >= 0.3 is 0 Å². The molecule has 1 aromatic rings. The van der Waals surface area contributed by atoms with Gasteiger partial charge in [-0.3, -0.25) is 9.59 Å². The van der Waals surface area contributed by atoms with E-state index in [1.807, 2.05) is 0 Å². The summed E-state index contributed by atoms with van der Waals surface area (Å²) in [6.07, 6.45) is -0.866. The first-order valence-corrected chi connectivity index (χ1v) is 6.87. The number of carbonyl (C=O) groups is 2. The second-order valence-corrected chi connectivity index (χ2v) is 6.02. The summed E-state index contributed by atoms with van der Waals surface area (Å²) < 4.78 is 10.6. The third-order valence-corrected chi connectivity index (χ3v) is 3.92. The molecule has 6 heteroatoms. The molecule has 6 nitrogen and oxygen atoms in total. The number of Topliss-reactive ketones (excluding diaryl/α,β-unsaturated/α-hetero) is 2. The van der Waals surface area contributed by atoms with Crippen LogP contribution in [0.15, 0.2) is 23.5 Å². The lowest BCUT2D eigenvalue weighted by Crippen LogP contribution is -2.42. The summed E-state index contributed by atoms with van der Waals surface area (Å²) in [6, 6.07) is 2.81. The van der Waals surface area contributed by atoms with Gasteiger partial charge in [0.15, 0.2) is 23.0 Å². The van der Waals surface area contributed by atoms with Crippen molar-refractivity contribution in [1.82, 2.24) is 0 Å². The number of ether oxygens (including phenoxy) is 2. The molecule has 0 aromatic heterocycles. The second kappa shape index (κ2) is 4.58. The van der Waals surface area contributed by atoms with E-state index in [1.54, 1.807) is 13.8 Å². The third-order valence-electron chi connectivity index (χ3n) is 3.92. The molecule has 0 spiro atoms. The fourth-order valence-electron chi connectivity index (χ4n) is 2.93. The number of aliphatic hydroxyl groups excluding tert-OH is 1. The molecule has 1 aromatic carbocycles. The Kier molecular flexibility index (Phi) is 3.04. The van der Waals surface area contributed by atoms with Gasteiger partial charge in [0.05, 0.1) is 24.4 Å². The Morgan fingerprint density at radius 2 is 1.95 bits per heavy atom. The Balaban J connectivity index is 2.23. The van der Waals surface area contributed by atoms with Crippen molar-refractivity contribution in [3.8, 4) is 11.5 Å². The standard InChI is InChI=1S/C16H16O6/c1-16(2)6-8(17)11-12(18)7-4-5-9(21-3)13(19)10(7)14(20)15(11)22-16/h4-5,8,17,19H,6H2,1-3H3. The molecule has 3 rings (SSSR count). The fraction of sp³-hybridized carbons (Fsp3) is 0.375. The first kappa shape index (κ1) is 14.6. The molecular formula is C16H16O6. The molecule has 0 saturated carbocycles. The number of phenols is 1. The number of rotatable bonds is 1. The Morgan fingerprint density at radius 1 is 1.27 bits per heavy atom. The average Bonchev–Trinajstić information content (AvgIpc) is 2.42. The van der Waals surface area contributed by atoms with Crippen molar-refractivity contribution in [2.45, 2.75) is 32.0 Å². The maximum atomic E-state index is 12.7.